The summed E-state index contributed by atoms with van der Waals surface area (Å²) < 4.78 is 11.0. The summed E-state index contributed by atoms with van der Waals surface area (Å²) in [4.78, 5) is 16.9. The number of hydrogen-bond donors (Lipinski definition) is 1. The summed E-state index contributed by atoms with van der Waals surface area (Å²) in [6, 6.07) is 19.1. The van der Waals surface area contributed by atoms with Crippen molar-refractivity contribution in [1.29, 1.82) is 0 Å². The van der Waals surface area contributed by atoms with E-state index >= 15 is 0 Å². The fourth-order valence-electron chi connectivity index (χ4n) is 4.55. The van der Waals surface area contributed by atoms with Gasteiger partial charge in [0.2, 0.25) is 5.91 Å². The molecule has 6 nitrogen and oxygen atoms in total. The Balaban J connectivity index is 1.21. The minimum Gasteiger partial charge on any atom is -0.381 e. The second kappa shape index (κ2) is 12.5. The van der Waals surface area contributed by atoms with Crippen LogP contribution in [-0.4, -0.2) is 81.4 Å². The Bertz CT molecular complexity index is 851. The zero-order chi connectivity index (χ0) is 22.9. The van der Waals surface area contributed by atoms with Crippen LogP contribution in [0.4, 0.5) is 0 Å². The van der Waals surface area contributed by atoms with Crippen molar-refractivity contribution in [2.75, 3.05) is 65.7 Å². The molecule has 2 aromatic rings. The highest BCUT2D eigenvalue weighted by Crippen LogP contribution is 2.30. The lowest BCUT2D eigenvalue weighted by Crippen LogP contribution is -2.48. The summed E-state index contributed by atoms with van der Waals surface area (Å²) in [5, 5.41) is 3.70. The third-order valence-electron chi connectivity index (χ3n) is 6.47. The molecule has 0 bridgehead atoms. The SMILES string of the molecule is O=C(COCCN1CCN(C(c2ccccc2)c2ccc(Cl)cc2)CC1)NCC1CCOC1. The number of piperazine rings is 1. The third-order valence-corrected chi connectivity index (χ3v) is 6.72. The average Bonchev–Trinajstić information content (AvgIpc) is 3.37. The van der Waals surface area contributed by atoms with E-state index < -0.39 is 0 Å². The number of rotatable bonds is 10. The van der Waals surface area contributed by atoms with Gasteiger partial charge in [-0.1, -0.05) is 54.1 Å². The minimum atomic E-state index is -0.0413. The van der Waals surface area contributed by atoms with Gasteiger partial charge in [0.15, 0.2) is 0 Å². The molecule has 0 radical (unpaired) electrons. The van der Waals surface area contributed by atoms with E-state index in [0.717, 1.165) is 57.4 Å². The molecule has 1 amide bonds. The molecule has 0 spiro atoms. The molecule has 2 aliphatic heterocycles. The van der Waals surface area contributed by atoms with Crippen molar-refractivity contribution in [1.82, 2.24) is 15.1 Å². The highest BCUT2D eigenvalue weighted by atomic mass is 35.5. The number of halogens is 1. The average molecular weight is 472 g/mol. The van der Waals surface area contributed by atoms with Crippen LogP contribution < -0.4 is 5.32 Å². The zero-order valence-corrected chi connectivity index (χ0v) is 19.9. The third kappa shape index (κ3) is 7.26. The molecule has 2 fully saturated rings. The summed E-state index contributed by atoms with van der Waals surface area (Å²) in [6.07, 6.45) is 1.02. The van der Waals surface area contributed by atoms with Gasteiger partial charge >= 0.3 is 0 Å². The van der Waals surface area contributed by atoms with Crippen molar-refractivity contribution in [3.63, 3.8) is 0 Å². The Labute approximate surface area is 201 Å². The maximum Gasteiger partial charge on any atom is 0.246 e. The van der Waals surface area contributed by atoms with Crippen LogP contribution in [0.25, 0.3) is 0 Å². The second-order valence-electron chi connectivity index (χ2n) is 8.83. The molecule has 2 heterocycles. The molecule has 2 aromatic carbocycles. The molecule has 2 aliphatic rings. The van der Waals surface area contributed by atoms with E-state index in [4.69, 9.17) is 21.1 Å². The van der Waals surface area contributed by atoms with Crippen molar-refractivity contribution in [3.05, 3.63) is 70.7 Å². The summed E-state index contributed by atoms with van der Waals surface area (Å²) >= 11 is 6.13. The van der Waals surface area contributed by atoms with Crippen LogP contribution in [0.2, 0.25) is 5.02 Å². The van der Waals surface area contributed by atoms with Crippen LogP contribution in [-0.2, 0) is 14.3 Å². The molecule has 0 aliphatic carbocycles. The molecule has 33 heavy (non-hydrogen) atoms. The predicted octanol–water partition coefficient (Wildman–Crippen LogP) is 3.22. The topological polar surface area (TPSA) is 54.0 Å². The molecular weight excluding hydrogens is 438 g/mol. The van der Waals surface area contributed by atoms with Crippen molar-refractivity contribution >= 4 is 17.5 Å². The summed E-state index contributed by atoms with van der Waals surface area (Å²) in [6.45, 7) is 7.68. The molecule has 4 rings (SSSR count). The lowest BCUT2D eigenvalue weighted by Gasteiger charge is -2.39. The van der Waals surface area contributed by atoms with Crippen LogP contribution in [0.5, 0.6) is 0 Å². The number of nitrogens with one attached hydrogen (secondary N) is 1. The highest BCUT2D eigenvalue weighted by Gasteiger charge is 2.26. The van der Waals surface area contributed by atoms with Crippen molar-refractivity contribution in [2.45, 2.75) is 12.5 Å². The Hall–Kier alpha value is -1.96. The number of benzene rings is 2. The first-order valence-electron chi connectivity index (χ1n) is 11.9. The van der Waals surface area contributed by atoms with Gasteiger partial charge in [-0.25, -0.2) is 0 Å². The van der Waals surface area contributed by atoms with Gasteiger partial charge in [0.05, 0.1) is 19.3 Å². The lowest BCUT2D eigenvalue weighted by atomic mass is 9.96. The van der Waals surface area contributed by atoms with E-state index in [2.05, 4.69) is 57.6 Å². The second-order valence-corrected chi connectivity index (χ2v) is 9.27. The number of carbonyl (C=O) groups is 1. The lowest BCUT2D eigenvalue weighted by molar-refractivity contribution is -0.126. The van der Waals surface area contributed by atoms with Gasteiger partial charge < -0.3 is 14.8 Å². The Kier molecular flexibility index (Phi) is 9.15. The summed E-state index contributed by atoms with van der Waals surface area (Å²) in [7, 11) is 0. The number of ether oxygens (including phenoxy) is 2. The van der Waals surface area contributed by atoms with Gasteiger partial charge in [0.25, 0.3) is 0 Å². The Morgan fingerprint density at radius 2 is 1.79 bits per heavy atom. The standard InChI is InChI=1S/C26H34ClN3O3/c27-24-8-6-23(7-9-24)26(22-4-2-1-3-5-22)30-13-11-29(12-14-30)15-17-33-20-25(31)28-18-21-10-16-32-19-21/h1-9,21,26H,10-20H2,(H,28,31). The molecule has 0 saturated carbocycles. The smallest absolute Gasteiger partial charge is 0.246 e. The van der Waals surface area contributed by atoms with Crippen LogP contribution in [0.1, 0.15) is 23.6 Å². The van der Waals surface area contributed by atoms with E-state index in [1.54, 1.807) is 0 Å². The van der Waals surface area contributed by atoms with Crippen molar-refractivity contribution in [3.8, 4) is 0 Å². The first-order chi connectivity index (χ1) is 16.2. The van der Waals surface area contributed by atoms with Crippen LogP contribution in [0.3, 0.4) is 0 Å². The minimum absolute atomic E-state index is 0.0413. The van der Waals surface area contributed by atoms with Gasteiger partial charge in [-0.3, -0.25) is 14.6 Å². The number of nitrogens with zero attached hydrogens (tertiary/aromatic N) is 2. The summed E-state index contributed by atoms with van der Waals surface area (Å²) in [5.74, 6) is 0.401. The normalized spacial score (nSPS) is 20.6. The molecule has 1 N–H and O–H groups in total. The van der Waals surface area contributed by atoms with Crippen LogP contribution in [0, 0.1) is 5.92 Å². The van der Waals surface area contributed by atoms with Gasteiger partial charge in [-0.05, 0) is 29.7 Å². The van der Waals surface area contributed by atoms with Gasteiger partial charge in [-0.2, -0.15) is 0 Å². The van der Waals surface area contributed by atoms with Crippen LogP contribution >= 0.6 is 11.6 Å². The maximum absolute atomic E-state index is 12.0. The van der Waals surface area contributed by atoms with Gasteiger partial charge in [-0.15, -0.1) is 0 Å². The molecule has 2 atom stereocenters. The number of carbonyl (C=O) groups excluding carboxylic acids is 1. The highest BCUT2D eigenvalue weighted by molar-refractivity contribution is 6.30. The maximum atomic E-state index is 12.0. The van der Waals surface area contributed by atoms with E-state index in [-0.39, 0.29) is 18.6 Å². The Morgan fingerprint density at radius 3 is 2.48 bits per heavy atom. The molecular formula is C26H34ClN3O3. The van der Waals surface area contributed by atoms with Crippen molar-refractivity contribution in [2.24, 2.45) is 5.92 Å². The largest absolute Gasteiger partial charge is 0.381 e. The molecule has 7 heteroatoms. The van der Waals surface area contributed by atoms with E-state index in [9.17, 15) is 4.79 Å². The molecule has 2 saturated heterocycles. The van der Waals surface area contributed by atoms with Crippen molar-refractivity contribution < 1.29 is 14.3 Å². The Morgan fingerprint density at radius 1 is 1.06 bits per heavy atom. The van der Waals surface area contributed by atoms with E-state index in [1.165, 1.54) is 11.1 Å². The molecule has 0 aromatic heterocycles. The van der Waals surface area contributed by atoms with E-state index in [1.807, 2.05) is 12.1 Å². The molecule has 178 valence electrons. The van der Waals surface area contributed by atoms with E-state index in [0.29, 0.717) is 19.1 Å². The monoisotopic (exact) mass is 471 g/mol. The fourth-order valence-corrected chi connectivity index (χ4v) is 4.68. The summed E-state index contributed by atoms with van der Waals surface area (Å²) in [5.41, 5.74) is 2.56. The number of amides is 1. The first-order valence-corrected chi connectivity index (χ1v) is 12.3. The fraction of sp³-hybridized carbons (Fsp3) is 0.500. The quantitative estimate of drug-likeness (QED) is 0.539. The van der Waals surface area contributed by atoms with Gasteiger partial charge in [0.1, 0.15) is 6.61 Å². The molecule has 2 unspecified atom stereocenters. The number of hydrogen-bond acceptors (Lipinski definition) is 5. The first kappa shape index (κ1) is 24.2. The van der Waals surface area contributed by atoms with Crippen LogP contribution in [0.15, 0.2) is 54.6 Å². The zero-order valence-electron chi connectivity index (χ0n) is 19.1. The van der Waals surface area contributed by atoms with Gasteiger partial charge in [0, 0.05) is 56.8 Å². The predicted molar refractivity (Wildman–Crippen MR) is 131 cm³/mol.